The van der Waals surface area contributed by atoms with Gasteiger partial charge in [0.25, 0.3) is 0 Å². The van der Waals surface area contributed by atoms with Crippen LogP contribution in [0.25, 0.3) is 0 Å². The molecule has 0 aromatic rings. The van der Waals surface area contributed by atoms with E-state index in [4.69, 9.17) is 18.9 Å². The summed E-state index contributed by atoms with van der Waals surface area (Å²) in [6.07, 6.45) is 5.91. The standard InChI is InChI=1S/C14H28O4/c1-11(13(15-3)16-4)9-7-8-10-12(2)14(17-5)18-6/h7-8,11-14H,9-10H2,1-6H3/b8-7+. The molecule has 0 spiro atoms. The summed E-state index contributed by atoms with van der Waals surface area (Å²) in [4.78, 5) is 0. The van der Waals surface area contributed by atoms with Crippen molar-refractivity contribution in [1.82, 2.24) is 0 Å². The fourth-order valence-electron chi connectivity index (χ4n) is 1.97. The molecule has 0 rings (SSSR count). The lowest BCUT2D eigenvalue weighted by atomic mass is 10.0. The van der Waals surface area contributed by atoms with Crippen LogP contribution in [-0.2, 0) is 18.9 Å². The zero-order valence-electron chi connectivity index (χ0n) is 12.5. The molecule has 0 radical (unpaired) electrons. The summed E-state index contributed by atoms with van der Waals surface area (Å²) in [6.45, 7) is 4.22. The van der Waals surface area contributed by atoms with Gasteiger partial charge in [-0.25, -0.2) is 0 Å². The van der Waals surface area contributed by atoms with E-state index in [1.165, 1.54) is 0 Å². The summed E-state index contributed by atoms with van der Waals surface area (Å²) >= 11 is 0. The third-order valence-corrected chi connectivity index (χ3v) is 3.04. The van der Waals surface area contributed by atoms with Crippen LogP contribution < -0.4 is 0 Å². The molecule has 0 heterocycles. The summed E-state index contributed by atoms with van der Waals surface area (Å²) in [5.74, 6) is 0.680. The van der Waals surface area contributed by atoms with Crippen LogP contribution in [0.5, 0.6) is 0 Å². The number of allylic oxidation sites excluding steroid dienone is 2. The minimum Gasteiger partial charge on any atom is -0.356 e. The van der Waals surface area contributed by atoms with Gasteiger partial charge in [-0.15, -0.1) is 0 Å². The first kappa shape index (κ1) is 17.6. The van der Waals surface area contributed by atoms with E-state index in [1.54, 1.807) is 28.4 Å². The predicted molar refractivity (Wildman–Crippen MR) is 72.3 cm³/mol. The van der Waals surface area contributed by atoms with Gasteiger partial charge in [0.15, 0.2) is 12.6 Å². The van der Waals surface area contributed by atoms with Gasteiger partial charge in [-0.3, -0.25) is 0 Å². The molecule has 0 aromatic carbocycles. The molecular formula is C14H28O4. The molecule has 108 valence electrons. The molecule has 0 bridgehead atoms. The fourth-order valence-corrected chi connectivity index (χ4v) is 1.97. The van der Waals surface area contributed by atoms with Gasteiger partial charge in [0.05, 0.1) is 0 Å². The highest BCUT2D eigenvalue weighted by atomic mass is 16.7. The minimum absolute atomic E-state index is 0.141. The van der Waals surface area contributed by atoms with Crippen LogP contribution in [0.15, 0.2) is 12.2 Å². The first-order valence-corrected chi connectivity index (χ1v) is 6.36. The number of hydrogen-bond donors (Lipinski definition) is 0. The molecule has 0 aliphatic rings. The molecule has 0 aliphatic heterocycles. The highest BCUT2D eigenvalue weighted by molar-refractivity contribution is 4.86. The third-order valence-electron chi connectivity index (χ3n) is 3.04. The minimum atomic E-state index is -0.141. The Hall–Kier alpha value is -0.420. The molecule has 4 heteroatoms. The summed E-state index contributed by atoms with van der Waals surface area (Å²) in [6, 6.07) is 0. The monoisotopic (exact) mass is 260 g/mol. The van der Waals surface area contributed by atoms with Crippen LogP contribution in [0.2, 0.25) is 0 Å². The smallest absolute Gasteiger partial charge is 0.159 e. The van der Waals surface area contributed by atoms with Crippen LogP contribution in [0, 0.1) is 11.8 Å². The molecule has 0 saturated carbocycles. The van der Waals surface area contributed by atoms with E-state index in [1.807, 2.05) is 0 Å². The fraction of sp³-hybridized carbons (Fsp3) is 0.857. The maximum atomic E-state index is 5.22. The highest BCUT2D eigenvalue weighted by Crippen LogP contribution is 2.15. The molecule has 0 amide bonds. The summed E-state index contributed by atoms with van der Waals surface area (Å²) in [5.41, 5.74) is 0. The Morgan fingerprint density at radius 1 is 0.667 bits per heavy atom. The topological polar surface area (TPSA) is 36.9 Å². The quantitative estimate of drug-likeness (QED) is 0.447. The normalized spacial score (nSPS) is 15.8. The lowest BCUT2D eigenvalue weighted by Gasteiger charge is -2.20. The Bertz CT molecular complexity index is 188. The van der Waals surface area contributed by atoms with Crippen molar-refractivity contribution in [2.45, 2.75) is 39.3 Å². The molecule has 0 aromatic heterocycles. The van der Waals surface area contributed by atoms with Crippen molar-refractivity contribution < 1.29 is 18.9 Å². The van der Waals surface area contributed by atoms with Crippen molar-refractivity contribution in [3.8, 4) is 0 Å². The molecule has 0 N–H and O–H groups in total. The van der Waals surface area contributed by atoms with Crippen molar-refractivity contribution in [2.75, 3.05) is 28.4 Å². The largest absolute Gasteiger partial charge is 0.356 e. The maximum absolute atomic E-state index is 5.22. The molecule has 4 nitrogen and oxygen atoms in total. The van der Waals surface area contributed by atoms with Gasteiger partial charge < -0.3 is 18.9 Å². The van der Waals surface area contributed by atoms with Gasteiger partial charge in [-0.1, -0.05) is 26.0 Å². The van der Waals surface area contributed by atoms with E-state index < -0.39 is 0 Å². The Balaban J connectivity index is 3.96. The van der Waals surface area contributed by atoms with Gasteiger partial charge in [-0.2, -0.15) is 0 Å². The maximum Gasteiger partial charge on any atom is 0.159 e. The first-order valence-electron chi connectivity index (χ1n) is 6.36. The molecule has 0 fully saturated rings. The second kappa shape index (κ2) is 10.5. The van der Waals surface area contributed by atoms with E-state index in [9.17, 15) is 0 Å². The molecule has 2 unspecified atom stereocenters. The first-order chi connectivity index (χ1) is 8.60. The Labute approximate surface area is 111 Å². The predicted octanol–water partition coefficient (Wildman–Crippen LogP) is 2.83. The molecule has 0 saturated heterocycles. The number of hydrogen-bond acceptors (Lipinski definition) is 4. The second-order valence-electron chi connectivity index (χ2n) is 4.58. The van der Waals surface area contributed by atoms with Gasteiger partial charge in [0.1, 0.15) is 0 Å². The summed E-state index contributed by atoms with van der Waals surface area (Å²) in [7, 11) is 6.66. The van der Waals surface area contributed by atoms with Gasteiger partial charge in [0, 0.05) is 40.3 Å². The van der Waals surface area contributed by atoms with E-state index in [0.717, 1.165) is 12.8 Å². The second-order valence-corrected chi connectivity index (χ2v) is 4.58. The van der Waals surface area contributed by atoms with E-state index >= 15 is 0 Å². The van der Waals surface area contributed by atoms with Crippen molar-refractivity contribution >= 4 is 0 Å². The molecule has 0 aliphatic carbocycles. The average molecular weight is 260 g/mol. The van der Waals surface area contributed by atoms with Crippen LogP contribution in [0.4, 0.5) is 0 Å². The third kappa shape index (κ3) is 6.50. The molecule has 18 heavy (non-hydrogen) atoms. The zero-order valence-corrected chi connectivity index (χ0v) is 12.5. The van der Waals surface area contributed by atoms with E-state index in [0.29, 0.717) is 11.8 Å². The zero-order chi connectivity index (χ0) is 14.0. The number of rotatable bonds is 10. The van der Waals surface area contributed by atoms with Crippen LogP contribution in [0.1, 0.15) is 26.7 Å². The van der Waals surface area contributed by atoms with Crippen LogP contribution in [-0.4, -0.2) is 41.0 Å². The highest BCUT2D eigenvalue weighted by Gasteiger charge is 2.15. The number of methoxy groups -OCH3 is 4. The van der Waals surface area contributed by atoms with Gasteiger partial charge >= 0.3 is 0 Å². The lowest BCUT2D eigenvalue weighted by molar-refractivity contribution is -0.133. The van der Waals surface area contributed by atoms with Crippen molar-refractivity contribution in [3.05, 3.63) is 12.2 Å². The lowest BCUT2D eigenvalue weighted by Crippen LogP contribution is -2.22. The van der Waals surface area contributed by atoms with Crippen molar-refractivity contribution in [1.29, 1.82) is 0 Å². The van der Waals surface area contributed by atoms with Gasteiger partial charge in [0.2, 0.25) is 0 Å². The molecular weight excluding hydrogens is 232 g/mol. The Morgan fingerprint density at radius 2 is 0.944 bits per heavy atom. The average Bonchev–Trinajstić information content (AvgIpc) is 2.37. The Kier molecular flexibility index (Phi) is 10.3. The summed E-state index contributed by atoms with van der Waals surface area (Å²) < 4.78 is 20.9. The van der Waals surface area contributed by atoms with Crippen LogP contribution >= 0.6 is 0 Å². The van der Waals surface area contributed by atoms with Crippen molar-refractivity contribution in [3.63, 3.8) is 0 Å². The number of ether oxygens (including phenoxy) is 4. The molecule has 2 atom stereocenters. The Morgan fingerprint density at radius 3 is 1.17 bits per heavy atom. The SMILES string of the molecule is COC(OC)C(C)C/C=C/CC(C)C(OC)OC. The van der Waals surface area contributed by atoms with E-state index in [2.05, 4.69) is 26.0 Å². The van der Waals surface area contributed by atoms with Crippen LogP contribution in [0.3, 0.4) is 0 Å². The van der Waals surface area contributed by atoms with Gasteiger partial charge in [-0.05, 0) is 12.8 Å². The summed E-state index contributed by atoms with van der Waals surface area (Å²) in [5, 5.41) is 0. The van der Waals surface area contributed by atoms with E-state index in [-0.39, 0.29) is 12.6 Å². The van der Waals surface area contributed by atoms with Crippen molar-refractivity contribution in [2.24, 2.45) is 11.8 Å².